The third-order valence-electron chi connectivity index (χ3n) is 4.93. The lowest BCUT2D eigenvalue weighted by Gasteiger charge is -2.31. The van der Waals surface area contributed by atoms with Crippen molar-refractivity contribution < 1.29 is 5.11 Å². The molecule has 0 saturated carbocycles. The first kappa shape index (κ1) is 17.4. The number of hydrogen-bond donors (Lipinski definition) is 1. The Bertz CT molecular complexity index is 627. The van der Waals surface area contributed by atoms with E-state index >= 15 is 0 Å². The van der Waals surface area contributed by atoms with Crippen LogP contribution in [0, 0.1) is 5.92 Å². The largest absolute Gasteiger partial charge is 0.508 e. The zero-order valence-corrected chi connectivity index (χ0v) is 15.6. The van der Waals surface area contributed by atoms with Gasteiger partial charge in [-0.1, -0.05) is 26.0 Å². The molecule has 24 heavy (non-hydrogen) atoms. The first-order valence-corrected chi connectivity index (χ1v) is 9.92. The van der Waals surface area contributed by atoms with Crippen molar-refractivity contribution in [1.82, 2.24) is 9.88 Å². The number of phenolic OH excluding ortho intramolecular Hbond substituents is 1. The molecular weight excluding hydrogens is 316 g/mol. The molecule has 0 amide bonds. The first-order valence-electron chi connectivity index (χ1n) is 9.04. The molecule has 130 valence electrons. The Labute approximate surface area is 149 Å². The van der Waals surface area contributed by atoms with Gasteiger partial charge >= 0.3 is 0 Å². The zero-order chi connectivity index (χ0) is 16.9. The smallest absolute Gasteiger partial charge is 0.115 e. The Morgan fingerprint density at radius 1 is 1.21 bits per heavy atom. The first-order chi connectivity index (χ1) is 11.6. The van der Waals surface area contributed by atoms with Gasteiger partial charge in [-0.05, 0) is 62.4 Å². The number of hydrogen-bond acceptors (Lipinski definition) is 4. The van der Waals surface area contributed by atoms with Gasteiger partial charge in [0.25, 0.3) is 0 Å². The van der Waals surface area contributed by atoms with Crippen LogP contribution in [0.2, 0.25) is 0 Å². The Hall–Kier alpha value is -1.39. The van der Waals surface area contributed by atoms with E-state index < -0.39 is 0 Å². The molecule has 4 heteroatoms. The minimum atomic E-state index is 0.356. The number of phenols is 1. The van der Waals surface area contributed by atoms with Crippen LogP contribution in [0.4, 0.5) is 0 Å². The Kier molecular flexibility index (Phi) is 5.90. The third kappa shape index (κ3) is 4.81. The van der Waals surface area contributed by atoms with E-state index in [1.807, 2.05) is 12.1 Å². The van der Waals surface area contributed by atoms with Crippen molar-refractivity contribution in [2.24, 2.45) is 5.92 Å². The minimum absolute atomic E-state index is 0.356. The molecule has 1 aliphatic rings. The fourth-order valence-electron chi connectivity index (χ4n) is 3.36. The predicted octanol–water partition coefficient (Wildman–Crippen LogP) is 4.82. The van der Waals surface area contributed by atoms with E-state index in [0.717, 1.165) is 18.9 Å². The number of rotatable bonds is 6. The van der Waals surface area contributed by atoms with Gasteiger partial charge in [0.1, 0.15) is 5.75 Å². The van der Waals surface area contributed by atoms with Crippen LogP contribution in [0.1, 0.15) is 55.3 Å². The van der Waals surface area contributed by atoms with Gasteiger partial charge in [0.15, 0.2) is 0 Å². The number of benzene rings is 1. The van der Waals surface area contributed by atoms with Crippen molar-refractivity contribution in [1.29, 1.82) is 0 Å². The molecule has 2 aromatic rings. The summed E-state index contributed by atoms with van der Waals surface area (Å²) >= 11 is 1.80. The molecule has 2 heterocycles. The van der Waals surface area contributed by atoms with Crippen LogP contribution in [0.15, 0.2) is 29.6 Å². The molecule has 0 atom stereocenters. The number of aromatic hydroxyl groups is 1. The van der Waals surface area contributed by atoms with Gasteiger partial charge in [-0.25, -0.2) is 4.98 Å². The summed E-state index contributed by atoms with van der Waals surface area (Å²) < 4.78 is 0. The van der Waals surface area contributed by atoms with Crippen LogP contribution in [0.5, 0.6) is 5.75 Å². The van der Waals surface area contributed by atoms with Gasteiger partial charge in [-0.3, -0.25) is 4.90 Å². The monoisotopic (exact) mass is 344 g/mol. The van der Waals surface area contributed by atoms with E-state index in [4.69, 9.17) is 4.98 Å². The third-order valence-corrected chi connectivity index (χ3v) is 6.13. The van der Waals surface area contributed by atoms with Gasteiger partial charge < -0.3 is 5.11 Å². The summed E-state index contributed by atoms with van der Waals surface area (Å²) in [5.74, 6) is 1.72. The van der Waals surface area contributed by atoms with Crippen molar-refractivity contribution in [2.45, 2.75) is 52.0 Å². The average Bonchev–Trinajstić information content (AvgIpc) is 3.04. The van der Waals surface area contributed by atoms with Crippen molar-refractivity contribution in [2.75, 3.05) is 13.1 Å². The summed E-state index contributed by atoms with van der Waals surface area (Å²) in [6.45, 7) is 7.81. The molecule has 0 spiro atoms. The number of piperidine rings is 1. The Morgan fingerprint density at radius 2 is 1.92 bits per heavy atom. The molecule has 0 unspecified atom stereocenters. The van der Waals surface area contributed by atoms with Crippen LogP contribution >= 0.6 is 11.3 Å². The summed E-state index contributed by atoms with van der Waals surface area (Å²) in [5, 5.41) is 12.8. The Morgan fingerprint density at radius 3 is 2.54 bits per heavy atom. The summed E-state index contributed by atoms with van der Waals surface area (Å²) in [6.07, 6.45) is 4.96. The van der Waals surface area contributed by atoms with E-state index in [9.17, 15) is 5.11 Å². The molecule has 3 nitrogen and oxygen atoms in total. The molecule has 0 radical (unpaired) electrons. The lowest BCUT2D eigenvalue weighted by molar-refractivity contribution is 0.171. The van der Waals surface area contributed by atoms with Crippen molar-refractivity contribution in [3.8, 4) is 5.75 Å². The van der Waals surface area contributed by atoms with Crippen LogP contribution in [0.25, 0.3) is 0 Å². The maximum atomic E-state index is 9.35. The molecule has 1 aromatic heterocycles. The highest BCUT2D eigenvalue weighted by Gasteiger charge is 2.20. The van der Waals surface area contributed by atoms with Gasteiger partial charge in [-0.15, -0.1) is 11.3 Å². The second kappa shape index (κ2) is 8.13. The zero-order valence-electron chi connectivity index (χ0n) is 14.7. The number of thiazole rings is 1. The van der Waals surface area contributed by atoms with E-state index in [0.29, 0.717) is 11.7 Å². The topological polar surface area (TPSA) is 36.4 Å². The van der Waals surface area contributed by atoms with E-state index in [1.165, 1.54) is 48.6 Å². The number of aromatic nitrogens is 1. The molecule has 1 N–H and O–H groups in total. The van der Waals surface area contributed by atoms with E-state index in [-0.39, 0.29) is 0 Å². The average molecular weight is 345 g/mol. The molecule has 3 rings (SSSR count). The van der Waals surface area contributed by atoms with Gasteiger partial charge in [0, 0.05) is 17.8 Å². The maximum absolute atomic E-state index is 9.35. The summed E-state index contributed by atoms with van der Waals surface area (Å²) in [7, 11) is 0. The SMILES string of the molecule is CC(C)c1nc(CN2CCC(CCc3ccc(O)cc3)CC2)cs1. The van der Waals surface area contributed by atoms with E-state index in [1.54, 1.807) is 23.5 Å². The lowest BCUT2D eigenvalue weighted by Crippen LogP contribution is -2.33. The van der Waals surface area contributed by atoms with Crippen molar-refractivity contribution >= 4 is 11.3 Å². The second-order valence-electron chi connectivity index (χ2n) is 7.26. The summed E-state index contributed by atoms with van der Waals surface area (Å²) in [4.78, 5) is 7.31. The van der Waals surface area contributed by atoms with Crippen molar-refractivity contribution in [3.05, 3.63) is 45.9 Å². The fraction of sp³-hybridized carbons (Fsp3) is 0.550. The standard InChI is InChI=1S/C20H28N2OS/c1-15(2)20-21-18(14-24-20)13-22-11-9-17(10-12-22)4-3-16-5-7-19(23)8-6-16/h5-8,14-15,17,23H,3-4,9-13H2,1-2H3. The maximum Gasteiger partial charge on any atom is 0.115 e. The van der Waals surface area contributed by atoms with Crippen molar-refractivity contribution in [3.63, 3.8) is 0 Å². The Balaban J connectivity index is 1.41. The number of likely N-dealkylation sites (tertiary alicyclic amines) is 1. The predicted molar refractivity (Wildman–Crippen MR) is 101 cm³/mol. The minimum Gasteiger partial charge on any atom is -0.508 e. The molecule has 1 fully saturated rings. The van der Waals surface area contributed by atoms with Gasteiger partial charge in [0.2, 0.25) is 0 Å². The molecule has 1 aromatic carbocycles. The van der Waals surface area contributed by atoms with Crippen LogP contribution in [-0.4, -0.2) is 28.1 Å². The fourth-order valence-corrected chi connectivity index (χ4v) is 4.18. The quantitative estimate of drug-likeness (QED) is 0.816. The van der Waals surface area contributed by atoms with E-state index in [2.05, 4.69) is 24.1 Å². The molecular formula is C20H28N2OS. The summed E-state index contributed by atoms with van der Waals surface area (Å²) in [6, 6.07) is 7.66. The normalized spacial score (nSPS) is 16.8. The molecule has 1 saturated heterocycles. The van der Waals surface area contributed by atoms with Crippen LogP contribution in [0.3, 0.4) is 0 Å². The van der Waals surface area contributed by atoms with Crippen LogP contribution in [-0.2, 0) is 13.0 Å². The number of aryl methyl sites for hydroxylation is 1. The van der Waals surface area contributed by atoms with Gasteiger partial charge in [-0.2, -0.15) is 0 Å². The highest BCUT2D eigenvalue weighted by Crippen LogP contribution is 2.25. The molecule has 0 aliphatic carbocycles. The highest BCUT2D eigenvalue weighted by molar-refractivity contribution is 7.09. The molecule has 1 aliphatic heterocycles. The number of nitrogens with zero attached hydrogens (tertiary/aromatic N) is 2. The highest BCUT2D eigenvalue weighted by atomic mass is 32.1. The van der Waals surface area contributed by atoms with Crippen LogP contribution < -0.4 is 0 Å². The summed E-state index contributed by atoms with van der Waals surface area (Å²) in [5.41, 5.74) is 2.57. The second-order valence-corrected chi connectivity index (χ2v) is 8.15. The lowest BCUT2D eigenvalue weighted by atomic mass is 9.90. The van der Waals surface area contributed by atoms with Gasteiger partial charge in [0.05, 0.1) is 10.7 Å². The molecule has 0 bridgehead atoms.